The number of pyridine rings is 1. The quantitative estimate of drug-likeness (QED) is 0.911. The van der Waals surface area contributed by atoms with Crippen LogP contribution in [0.2, 0.25) is 0 Å². The Morgan fingerprint density at radius 3 is 2.78 bits per heavy atom. The molecule has 2 N–H and O–H groups in total. The highest BCUT2D eigenvalue weighted by Gasteiger charge is 2.13. The third-order valence-electron chi connectivity index (χ3n) is 2.41. The summed E-state index contributed by atoms with van der Waals surface area (Å²) in [5.41, 5.74) is 1.66. The average Bonchev–Trinajstić information content (AvgIpc) is 2.37. The highest BCUT2D eigenvalue weighted by Crippen LogP contribution is 2.25. The molecule has 2 rings (SSSR count). The number of hydrogen-bond donors (Lipinski definition) is 2. The summed E-state index contributed by atoms with van der Waals surface area (Å²) in [4.78, 5) is 15.3. The van der Waals surface area contributed by atoms with Crippen LogP contribution in [0.4, 0.5) is 5.69 Å². The zero-order valence-corrected chi connectivity index (χ0v) is 11.0. The van der Waals surface area contributed by atoms with Crippen LogP contribution in [0.5, 0.6) is 0 Å². The first-order chi connectivity index (χ1) is 8.68. The standard InChI is InChI=1S/C13H11BrN2O2/c14-10-5-3-6-11(12(10)13(17)18)16-8-9-4-1-2-7-15-9/h1-7,16H,8H2,(H,17,18). The summed E-state index contributed by atoms with van der Waals surface area (Å²) in [5.74, 6) is -0.967. The number of aromatic carboxylic acids is 1. The summed E-state index contributed by atoms with van der Waals surface area (Å²) in [6.45, 7) is 0.484. The number of benzene rings is 1. The van der Waals surface area contributed by atoms with Gasteiger partial charge >= 0.3 is 5.97 Å². The molecular weight excluding hydrogens is 296 g/mol. The van der Waals surface area contributed by atoms with E-state index in [2.05, 4.69) is 26.2 Å². The molecule has 0 aliphatic rings. The van der Waals surface area contributed by atoms with Gasteiger partial charge in [0.1, 0.15) is 0 Å². The molecule has 1 aromatic heterocycles. The lowest BCUT2D eigenvalue weighted by Gasteiger charge is -2.10. The topological polar surface area (TPSA) is 62.2 Å². The number of nitrogens with one attached hydrogen (secondary N) is 1. The number of carbonyl (C=O) groups is 1. The summed E-state index contributed by atoms with van der Waals surface area (Å²) in [5, 5.41) is 12.2. The van der Waals surface area contributed by atoms with E-state index in [-0.39, 0.29) is 5.56 Å². The summed E-state index contributed by atoms with van der Waals surface area (Å²) in [6, 6.07) is 10.8. The van der Waals surface area contributed by atoms with Gasteiger partial charge in [0, 0.05) is 10.7 Å². The van der Waals surface area contributed by atoms with Gasteiger partial charge in [0.05, 0.1) is 23.5 Å². The second-order valence-electron chi connectivity index (χ2n) is 3.64. The van der Waals surface area contributed by atoms with Crippen molar-refractivity contribution in [1.82, 2.24) is 4.98 Å². The molecule has 0 bridgehead atoms. The lowest BCUT2D eigenvalue weighted by Crippen LogP contribution is -2.07. The predicted molar refractivity (Wildman–Crippen MR) is 72.7 cm³/mol. The number of nitrogens with zero attached hydrogens (tertiary/aromatic N) is 1. The van der Waals surface area contributed by atoms with E-state index in [1.807, 2.05) is 18.2 Å². The lowest BCUT2D eigenvalue weighted by atomic mass is 10.2. The van der Waals surface area contributed by atoms with Crippen LogP contribution < -0.4 is 5.32 Å². The maximum atomic E-state index is 11.2. The van der Waals surface area contributed by atoms with Crippen LogP contribution >= 0.6 is 15.9 Å². The number of anilines is 1. The Balaban J connectivity index is 2.20. The third kappa shape index (κ3) is 2.87. The molecule has 18 heavy (non-hydrogen) atoms. The summed E-state index contributed by atoms with van der Waals surface area (Å²) in [6.07, 6.45) is 1.70. The molecule has 0 spiro atoms. The predicted octanol–water partition coefficient (Wildman–Crippen LogP) is 3.15. The Bertz CT molecular complexity index is 558. The fourth-order valence-corrected chi connectivity index (χ4v) is 2.11. The maximum Gasteiger partial charge on any atom is 0.338 e. The molecule has 0 fully saturated rings. The Morgan fingerprint density at radius 1 is 1.28 bits per heavy atom. The van der Waals surface area contributed by atoms with Gasteiger partial charge in [-0.05, 0) is 40.2 Å². The van der Waals surface area contributed by atoms with Crippen LogP contribution in [-0.4, -0.2) is 16.1 Å². The van der Waals surface area contributed by atoms with Crippen molar-refractivity contribution in [1.29, 1.82) is 0 Å². The number of rotatable bonds is 4. The molecule has 1 heterocycles. The van der Waals surface area contributed by atoms with Crippen LogP contribution in [0, 0.1) is 0 Å². The normalized spacial score (nSPS) is 10.1. The van der Waals surface area contributed by atoms with Crippen LogP contribution in [-0.2, 0) is 6.54 Å². The Labute approximate surface area is 113 Å². The van der Waals surface area contributed by atoms with E-state index in [0.717, 1.165) is 5.69 Å². The molecule has 5 heteroatoms. The molecule has 0 aliphatic heterocycles. The zero-order valence-electron chi connectivity index (χ0n) is 9.43. The fraction of sp³-hybridized carbons (Fsp3) is 0.0769. The van der Waals surface area contributed by atoms with Crippen molar-refractivity contribution in [2.45, 2.75) is 6.54 Å². The largest absolute Gasteiger partial charge is 0.478 e. The highest BCUT2D eigenvalue weighted by molar-refractivity contribution is 9.10. The van der Waals surface area contributed by atoms with Gasteiger partial charge in [0.15, 0.2) is 0 Å². The Hall–Kier alpha value is -1.88. The van der Waals surface area contributed by atoms with E-state index < -0.39 is 5.97 Å². The summed E-state index contributed by atoms with van der Waals surface area (Å²) in [7, 11) is 0. The molecule has 0 atom stereocenters. The minimum Gasteiger partial charge on any atom is -0.478 e. The first kappa shape index (κ1) is 12.6. The number of hydrogen-bond acceptors (Lipinski definition) is 3. The summed E-state index contributed by atoms with van der Waals surface area (Å²) >= 11 is 3.24. The Morgan fingerprint density at radius 2 is 2.11 bits per heavy atom. The summed E-state index contributed by atoms with van der Waals surface area (Å²) < 4.78 is 0.557. The van der Waals surface area contributed by atoms with Crippen molar-refractivity contribution < 1.29 is 9.90 Å². The van der Waals surface area contributed by atoms with Crippen LogP contribution in [0.3, 0.4) is 0 Å². The average molecular weight is 307 g/mol. The van der Waals surface area contributed by atoms with Crippen molar-refractivity contribution in [2.75, 3.05) is 5.32 Å². The van der Waals surface area contributed by atoms with E-state index in [1.54, 1.807) is 24.4 Å². The van der Waals surface area contributed by atoms with E-state index in [1.165, 1.54) is 0 Å². The minimum absolute atomic E-state index is 0.230. The number of carboxylic acid groups (broad SMARTS) is 1. The minimum atomic E-state index is -0.967. The second kappa shape index (κ2) is 5.64. The first-order valence-electron chi connectivity index (χ1n) is 5.34. The fourth-order valence-electron chi connectivity index (χ4n) is 1.58. The van der Waals surface area contributed by atoms with Gasteiger partial charge in [0.25, 0.3) is 0 Å². The van der Waals surface area contributed by atoms with Crippen molar-refractivity contribution in [3.05, 3.63) is 58.3 Å². The third-order valence-corrected chi connectivity index (χ3v) is 3.07. The van der Waals surface area contributed by atoms with Gasteiger partial charge in [-0.2, -0.15) is 0 Å². The molecule has 0 radical (unpaired) electrons. The van der Waals surface area contributed by atoms with Crippen molar-refractivity contribution in [3.63, 3.8) is 0 Å². The van der Waals surface area contributed by atoms with Crippen molar-refractivity contribution in [2.24, 2.45) is 0 Å². The molecular formula is C13H11BrN2O2. The van der Waals surface area contributed by atoms with E-state index in [0.29, 0.717) is 16.7 Å². The molecule has 0 saturated heterocycles. The van der Waals surface area contributed by atoms with Gasteiger partial charge in [0.2, 0.25) is 0 Å². The molecule has 92 valence electrons. The van der Waals surface area contributed by atoms with E-state index >= 15 is 0 Å². The van der Waals surface area contributed by atoms with Gasteiger partial charge < -0.3 is 10.4 Å². The molecule has 0 aliphatic carbocycles. The second-order valence-corrected chi connectivity index (χ2v) is 4.50. The molecule has 0 unspecified atom stereocenters. The molecule has 0 saturated carbocycles. The van der Waals surface area contributed by atoms with Gasteiger partial charge in [-0.3, -0.25) is 4.98 Å². The van der Waals surface area contributed by atoms with Crippen LogP contribution in [0.25, 0.3) is 0 Å². The monoisotopic (exact) mass is 306 g/mol. The van der Waals surface area contributed by atoms with Gasteiger partial charge in [-0.25, -0.2) is 4.79 Å². The van der Waals surface area contributed by atoms with Crippen molar-refractivity contribution in [3.8, 4) is 0 Å². The van der Waals surface area contributed by atoms with Crippen LogP contribution in [0.15, 0.2) is 47.1 Å². The first-order valence-corrected chi connectivity index (χ1v) is 6.13. The highest BCUT2D eigenvalue weighted by atomic mass is 79.9. The number of carboxylic acids is 1. The van der Waals surface area contributed by atoms with Crippen LogP contribution in [0.1, 0.15) is 16.1 Å². The smallest absolute Gasteiger partial charge is 0.338 e. The number of aromatic nitrogens is 1. The number of halogens is 1. The van der Waals surface area contributed by atoms with E-state index in [4.69, 9.17) is 5.11 Å². The van der Waals surface area contributed by atoms with Crippen molar-refractivity contribution >= 4 is 27.6 Å². The molecule has 0 amide bonds. The Kier molecular flexibility index (Phi) is 3.94. The molecule has 4 nitrogen and oxygen atoms in total. The lowest BCUT2D eigenvalue weighted by molar-refractivity contribution is 0.0697. The van der Waals surface area contributed by atoms with E-state index in [9.17, 15) is 4.79 Å². The molecule has 2 aromatic rings. The zero-order chi connectivity index (χ0) is 13.0. The molecule has 1 aromatic carbocycles. The maximum absolute atomic E-state index is 11.2. The SMILES string of the molecule is O=C(O)c1c(Br)cccc1NCc1ccccn1. The van der Waals surface area contributed by atoms with Gasteiger partial charge in [-0.1, -0.05) is 12.1 Å². The van der Waals surface area contributed by atoms with Gasteiger partial charge in [-0.15, -0.1) is 0 Å².